The number of nitrogens with zero attached hydrogens (tertiary/aromatic N) is 1. The number of nitrogens with two attached hydrogens (primary N) is 1. The van der Waals surface area contributed by atoms with Gasteiger partial charge in [-0.2, -0.15) is 0 Å². The number of aryl methyl sites for hydroxylation is 1. The van der Waals surface area contributed by atoms with Crippen LogP contribution in [0, 0.1) is 17.0 Å². The van der Waals surface area contributed by atoms with Crippen molar-refractivity contribution < 1.29 is 4.92 Å². The van der Waals surface area contributed by atoms with Gasteiger partial charge >= 0.3 is 0 Å². The lowest BCUT2D eigenvalue weighted by Gasteiger charge is -2.13. The van der Waals surface area contributed by atoms with Gasteiger partial charge in [-0.15, -0.1) is 0 Å². The molecule has 0 heterocycles. The fraction of sp³-hybridized carbons (Fsp3) is 0.250. The highest BCUT2D eigenvalue weighted by Gasteiger charge is 2.11. The van der Waals surface area contributed by atoms with Crippen LogP contribution in [0.25, 0.3) is 0 Å². The summed E-state index contributed by atoms with van der Waals surface area (Å²) in [5, 5.41) is 14.1. The average Bonchev–Trinajstić information content (AvgIpc) is 2.49. The van der Waals surface area contributed by atoms with Crippen LogP contribution in [0.4, 0.5) is 11.4 Å². The predicted octanol–water partition coefficient (Wildman–Crippen LogP) is 3.41. The molecule has 0 aliphatic rings. The lowest BCUT2D eigenvalue weighted by Crippen LogP contribution is -2.15. The molecule has 2 aromatic carbocycles. The molecule has 0 aliphatic carbocycles. The second kappa shape index (κ2) is 6.85. The lowest BCUT2D eigenvalue weighted by molar-refractivity contribution is -0.385. The van der Waals surface area contributed by atoms with E-state index in [9.17, 15) is 10.1 Å². The van der Waals surface area contributed by atoms with Crippen molar-refractivity contribution in [2.45, 2.75) is 19.4 Å². The average molecular weight is 285 g/mol. The summed E-state index contributed by atoms with van der Waals surface area (Å²) in [5.41, 5.74) is 8.74. The fourth-order valence-electron chi connectivity index (χ4n) is 2.15. The summed E-state index contributed by atoms with van der Waals surface area (Å²) in [6, 6.07) is 15.0. The Kier molecular flexibility index (Phi) is 4.90. The molecule has 110 valence electrons. The minimum Gasteiger partial charge on any atom is -0.385 e. The van der Waals surface area contributed by atoms with E-state index in [0.717, 1.165) is 17.7 Å². The number of anilines is 1. The zero-order valence-electron chi connectivity index (χ0n) is 12.0. The van der Waals surface area contributed by atoms with Crippen LogP contribution in [-0.2, 0) is 0 Å². The molecule has 0 amide bonds. The number of benzene rings is 2. The van der Waals surface area contributed by atoms with Crippen LogP contribution in [-0.4, -0.2) is 11.5 Å². The second-order valence-electron chi connectivity index (χ2n) is 4.99. The first-order chi connectivity index (χ1) is 10.1. The van der Waals surface area contributed by atoms with E-state index in [0.29, 0.717) is 12.1 Å². The molecule has 2 rings (SSSR count). The highest BCUT2D eigenvalue weighted by Crippen LogP contribution is 2.22. The van der Waals surface area contributed by atoms with Crippen LogP contribution in [0.1, 0.15) is 23.6 Å². The van der Waals surface area contributed by atoms with Crippen molar-refractivity contribution in [3.05, 3.63) is 69.8 Å². The van der Waals surface area contributed by atoms with Gasteiger partial charge in [0.25, 0.3) is 5.69 Å². The first-order valence-corrected chi connectivity index (χ1v) is 6.87. The Hall–Kier alpha value is -2.40. The van der Waals surface area contributed by atoms with Gasteiger partial charge < -0.3 is 11.1 Å². The predicted molar refractivity (Wildman–Crippen MR) is 84.3 cm³/mol. The molecule has 5 nitrogen and oxygen atoms in total. The van der Waals surface area contributed by atoms with E-state index < -0.39 is 0 Å². The fourth-order valence-corrected chi connectivity index (χ4v) is 2.15. The van der Waals surface area contributed by atoms with Gasteiger partial charge in [0, 0.05) is 29.9 Å². The van der Waals surface area contributed by atoms with E-state index >= 15 is 0 Å². The van der Waals surface area contributed by atoms with Gasteiger partial charge in [-0.05, 0) is 25.0 Å². The number of nitro groups is 1. The molecular formula is C16H19N3O2. The van der Waals surface area contributed by atoms with E-state index in [1.54, 1.807) is 19.1 Å². The molecule has 21 heavy (non-hydrogen) atoms. The normalized spacial score (nSPS) is 11.9. The summed E-state index contributed by atoms with van der Waals surface area (Å²) < 4.78 is 0. The SMILES string of the molecule is Cc1ccc(NCCC(N)c2ccccc2)cc1[N+](=O)[O-]. The minimum absolute atomic E-state index is 0.0425. The number of nitrogens with one attached hydrogen (secondary N) is 1. The molecule has 5 heteroatoms. The molecule has 0 aliphatic heterocycles. The standard InChI is InChI=1S/C16H19N3O2/c1-12-7-8-14(11-16(12)19(20)21)18-10-9-15(17)13-5-3-2-4-6-13/h2-8,11,15,18H,9-10,17H2,1H3. The molecule has 2 aromatic rings. The zero-order chi connectivity index (χ0) is 15.2. The van der Waals surface area contributed by atoms with Crippen LogP contribution < -0.4 is 11.1 Å². The Morgan fingerprint density at radius 1 is 1.24 bits per heavy atom. The molecular weight excluding hydrogens is 266 g/mol. The Balaban J connectivity index is 1.92. The van der Waals surface area contributed by atoms with Crippen LogP contribution in [0.5, 0.6) is 0 Å². The molecule has 1 unspecified atom stereocenters. The monoisotopic (exact) mass is 285 g/mol. The van der Waals surface area contributed by atoms with Gasteiger partial charge in [0.1, 0.15) is 0 Å². The van der Waals surface area contributed by atoms with E-state index in [4.69, 9.17) is 5.73 Å². The van der Waals surface area contributed by atoms with Crippen molar-refractivity contribution in [1.82, 2.24) is 0 Å². The first kappa shape index (κ1) is 15.0. The van der Waals surface area contributed by atoms with Crippen molar-refractivity contribution in [2.75, 3.05) is 11.9 Å². The Labute approximate surface area is 123 Å². The summed E-state index contributed by atoms with van der Waals surface area (Å²) in [4.78, 5) is 10.5. The van der Waals surface area contributed by atoms with Gasteiger partial charge in [-0.25, -0.2) is 0 Å². The minimum atomic E-state index is -0.365. The van der Waals surface area contributed by atoms with Crippen LogP contribution in [0.3, 0.4) is 0 Å². The van der Waals surface area contributed by atoms with Crippen LogP contribution in [0.2, 0.25) is 0 Å². The summed E-state index contributed by atoms with van der Waals surface area (Å²) in [5.74, 6) is 0. The topological polar surface area (TPSA) is 81.2 Å². The van der Waals surface area contributed by atoms with Gasteiger partial charge in [0.2, 0.25) is 0 Å². The van der Waals surface area contributed by atoms with E-state index in [1.807, 2.05) is 36.4 Å². The summed E-state index contributed by atoms with van der Waals surface area (Å²) >= 11 is 0. The van der Waals surface area contributed by atoms with Gasteiger partial charge in [0.15, 0.2) is 0 Å². The van der Waals surface area contributed by atoms with Crippen molar-refractivity contribution >= 4 is 11.4 Å². The van der Waals surface area contributed by atoms with Crippen molar-refractivity contribution in [3.8, 4) is 0 Å². The van der Waals surface area contributed by atoms with Crippen LogP contribution in [0.15, 0.2) is 48.5 Å². The maximum atomic E-state index is 10.9. The Bertz CT molecular complexity index is 614. The largest absolute Gasteiger partial charge is 0.385 e. The second-order valence-corrected chi connectivity index (χ2v) is 4.99. The molecule has 0 radical (unpaired) electrons. The summed E-state index contributed by atoms with van der Waals surface area (Å²) in [6.07, 6.45) is 0.756. The summed E-state index contributed by atoms with van der Waals surface area (Å²) in [6.45, 7) is 2.39. The number of rotatable bonds is 6. The Morgan fingerprint density at radius 2 is 1.95 bits per heavy atom. The van der Waals surface area contributed by atoms with E-state index in [-0.39, 0.29) is 16.7 Å². The molecule has 0 spiro atoms. The van der Waals surface area contributed by atoms with E-state index in [2.05, 4.69) is 5.32 Å². The molecule has 3 N–H and O–H groups in total. The van der Waals surface area contributed by atoms with E-state index in [1.165, 1.54) is 0 Å². The Morgan fingerprint density at radius 3 is 2.62 bits per heavy atom. The smallest absolute Gasteiger partial charge is 0.274 e. The first-order valence-electron chi connectivity index (χ1n) is 6.87. The highest BCUT2D eigenvalue weighted by molar-refractivity contribution is 5.54. The van der Waals surface area contributed by atoms with Crippen LogP contribution >= 0.6 is 0 Å². The van der Waals surface area contributed by atoms with Gasteiger partial charge in [-0.1, -0.05) is 36.4 Å². The molecule has 0 saturated heterocycles. The van der Waals surface area contributed by atoms with Gasteiger partial charge in [0.05, 0.1) is 4.92 Å². The molecule has 0 fully saturated rings. The highest BCUT2D eigenvalue weighted by atomic mass is 16.6. The van der Waals surface area contributed by atoms with Crippen molar-refractivity contribution in [3.63, 3.8) is 0 Å². The third-order valence-corrected chi connectivity index (χ3v) is 3.42. The maximum Gasteiger partial charge on any atom is 0.274 e. The number of hydrogen-bond donors (Lipinski definition) is 2. The third-order valence-electron chi connectivity index (χ3n) is 3.42. The molecule has 0 aromatic heterocycles. The summed E-state index contributed by atoms with van der Waals surface area (Å²) in [7, 11) is 0. The molecule has 0 saturated carbocycles. The van der Waals surface area contributed by atoms with Gasteiger partial charge in [-0.3, -0.25) is 10.1 Å². The zero-order valence-corrected chi connectivity index (χ0v) is 12.0. The lowest BCUT2D eigenvalue weighted by atomic mass is 10.0. The molecule has 0 bridgehead atoms. The third kappa shape index (κ3) is 4.03. The van der Waals surface area contributed by atoms with Crippen molar-refractivity contribution in [2.24, 2.45) is 5.73 Å². The number of hydrogen-bond acceptors (Lipinski definition) is 4. The van der Waals surface area contributed by atoms with Crippen molar-refractivity contribution in [1.29, 1.82) is 0 Å². The molecule has 1 atom stereocenters. The quantitative estimate of drug-likeness (QED) is 0.629. The number of nitro benzene ring substituents is 1. The maximum absolute atomic E-state index is 10.9.